The average Bonchev–Trinajstić information content (AvgIpc) is 2.61. The van der Waals surface area contributed by atoms with E-state index in [4.69, 9.17) is 4.74 Å². The van der Waals surface area contributed by atoms with Crippen molar-refractivity contribution in [1.82, 2.24) is 0 Å². The van der Waals surface area contributed by atoms with Gasteiger partial charge in [-0.25, -0.2) is 0 Å². The Kier molecular flexibility index (Phi) is 4.62. The van der Waals surface area contributed by atoms with Crippen LogP contribution in [-0.2, 0) is 0 Å². The lowest BCUT2D eigenvalue weighted by atomic mass is 9.99. The molecule has 2 heteroatoms. The van der Waals surface area contributed by atoms with E-state index in [9.17, 15) is 0 Å². The summed E-state index contributed by atoms with van der Waals surface area (Å²) in [5.41, 5.74) is 2.34. The Morgan fingerprint density at radius 1 is 1.00 bits per heavy atom. The summed E-state index contributed by atoms with van der Waals surface area (Å²) in [7, 11) is 1.68. The summed E-state index contributed by atoms with van der Waals surface area (Å²) in [6, 6.07) is 23.3. The highest BCUT2D eigenvalue weighted by molar-refractivity contribution is 5.83. The van der Waals surface area contributed by atoms with Crippen LogP contribution in [0, 0.1) is 0 Å². The fourth-order valence-corrected chi connectivity index (χ4v) is 2.76. The summed E-state index contributed by atoms with van der Waals surface area (Å²) in [5.74, 6) is 0.863. The van der Waals surface area contributed by atoms with E-state index >= 15 is 0 Å². The van der Waals surface area contributed by atoms with Gasteiger partial charge in [0.1, 0.15) is 5.75 Å². The van der Waals surface area contributed by atoms with Crippen LogP contribution in [0.15, 0.2) is 79.4 Å². The Labute approximate surface area is 137 Å². The highest BCUT2D eigenvalue weighted by atomic mass is 16.5. The van der Waals surface area contributed by atoms with E-state index in [0.29, 0.717) is 0 Å². The lowest BCUT2D eigenvalue weighted by molar-refractivity contribution is 0.415. The number of benzene rings is 3. The Morgan fingerprint density at radius 3 is 2.43 bits per heavy atom. The zero-order chi connectivity index (χ0) is 16.1. The molecule has 0 radical (unpaired) electrons. The maximum Gasteiger partial charge on any atom is 0.119 e. The number of nitrogens with one attached hydrogen (secondary N) is 1. The molecule has 3 rings (SSSR count). The molecule has 0 bridgehead atoms. The van der Waals surface area contributed by atoms with Crippen molar-refractivity contribution in [2.45, 2.75) is 12.5 Å². The van der Waals surface area contributed by atoms with E-state index in [1.165, 1.54) is 16.3 Å². The summed E-state index contributed by atoms with van der Waals surface area (Å²) in [5, 5.41) is 6.11. The fraction of sp³-hybridized carbons (Fsp3) is 0.143. The van der Waals surface area contributed by atoms with E-state index in [2.05, 4.69) is 54.4 Å². The maximum atomic E-state index is 5.21. The molecule has 3 aromatic carbocycles. The molecule has 3 aromatic rings. The van der Waals surface area contributed by atoms with Crippen LogP contribution < -0.4 is 10.1 Å². The molecule has 0 amide bonds. The normalized spacial score (nSPS) is 11.9. The van der Waals surface area contributed by atoms with Crippen LogP contribution in [0.25, 0.3) is 10.8 Å². The third-order valence-electron chi connectivity index (χ3n) is 4.01. The van der Waals surface area contributed by atoms with Gasteiger partial charge < -0.3 is 10.1 Å². The maximum absolute atomic E-state index is 5.21. The smallest absolute Gasteiger partial charge is 0.119 e. The van der Waals surface area contributed by atoms with Crippen LogP contribution in [0.5, 0.6) is 5.75 Å². The van der Waals surface area contributed by atoms with Gasteiger partial charge in [-0.05, 0) is 53.1 Å². The number of hydrogen-bond acceptors (Lipinski definition) is 2. The summed E-state index contributed by atoms with van der Waals surface area (Å²) in [6.45, 7) is 3.90. The van der Waals surface area contributed by atoms with Gasteiger partial charge >= 0.3 is 0 Å². The molecule has 0 aliphatic carbocycles. The third kappa shape index (κ3) is 3.54. The SMILES string of the molecule is C=CC[C@H](Nc1ccc(OC)cc1)c1ccc2ccccc2c1. The highest BCUT2D eigenvalue weighted by Crippen LogP contribution is 2.27. The lowest BCUT2D eigenvalue weighted by Gasteiger charge is -2.20. The molecular formula is C21H21NO. The predicted octanol–water partition coefficient (Wildman–Crippen LogP) is 5.58. The van der Waals surface area contributed by atoms with Crippen LogP contribution in [0.4, 0.5) is 5.69 Å². The molecule has 0 fully saturated rings. The Morgan fingerprint density at radius 2 is 1.74 bits per heavy atom. The van der Waals surface area contributed by atoms with Gasteiger partial charge in [-0.1, -0.05) is 42.5 Å². The lowest BCUT2D eigenvalue weighted by Crippen LogP contribution is -2.09. The van der Waals surface area contributed by atoms with Gasteiger partial charge in [0, 0.05) is 5.69 Å². The van der Waals surface area contributed by atoms with Crippen molar-refractivity contribution >= 4 is 16.5 Å². The van der Waals surface area contributed by atoms with Crippen molar-refractivity contribution in [3.63, 3.8) is 0 Å². The third-order valence-corrected chi connectivity index (χ3v) is 4.01. The van der Waals surface area contributed by atoms with Gasteiger partial charge in [0.2, 0.25) is 0 Å². The van der Waals surface area contributed by atoms with E-state index < -0.39 is 0 Å². The van der Waals surface area contributed by atoms with Crippen molar-refractivity contribution in [3.05, 3.63) is 84.9 Å². The number of methoxy groups -OCH3 is 1. The first-order valence-corrected chi connectivity index (χ1v) is 7.80. The first-order valence-electron chi connectivity index (χ1n) is 7.80. The second-order valence-corrected chi connectivity index (χ2v) is 5.56. The predicted molar refractivity (Wildman–Crippen MR) is 98.1 cm³/mol. The molecule has 0 saturated carbocycles. The molecule has 0 aliphatic rings. The zero-order valence-corrected chi connectivity index (χ0v) is 13.3. The van der Waals surface area contributed by atoms with Crippen LogP contribution in [-0.4, -0.2) is 7.11 Å². The highest BCUT2D eigenvalue weighted by Gasteiger charge is 2.10. The van der Waals surface area contributed by atoms with Gasteiger partial charge in [0.05, 0.1) is 13.2 Å². The van der Waals surface area contributed by atoms with E-state index in [-0.39, 0.29) is 6.04 Å². The molecule has 2 nitrogen and oxygen atoms in total. The minimum Gasteiger partial charge on any atom is -0.497 e. The van der Waals surface area contributed by atoms with Gasteiger partial charge in [0.15, 0.2) is 0 Å². The number of ether oxygens (including phenoxy) is 1. The average molecular weight is 303 g/mol. The number of anilines is 1. The Bertz CT molecular complexity index is 792. The van der Waals surface area contributed by atoms with Gasteiger partial charge in [-0.2, -0.15) is 0 Å². The van der Waals surface area contributed by atoms with Crippen molar-refractivity contribution in [2.75, 3.05) is 12.4 Å². The molecule has 116 valence electrons. The first-order chi connectivity index (χ1) is 11.3. The number of hydrogen-bond donors (Lipinski definition) is 1. The summed E-state index contributed by atoms with van der Waals surface area (Å²) in [4.78, 5) is 0. The standard InChI is InChI=1S/C21H21NO/c1-3-6-21(22-19-11-13-20(23-2)14-12-19)18-10-9-16-7-4-5-8-17(16)15-18/h3-5,7-15,21-22H,1,6H2,2H3/t21-/m0/s1. The van der Waals surface area contributed by atoms with Crippen LogP contribution in [0.1, 0.15) is 18.0 Å². The second-order valence-electron chi connectivity index (χ2n) is 5.56. The van der Waals surface area contributed by atoms with Gasteiger partial charge in [-0.15, -0.1) is 6.58 Å². The molecule has 0 saturated heterocycles. The number of fused-ring (bicyclic) bond motifs is 1. The molecule has 1 N–H and O–H groups in total. The molecule has 0 aromatic heterocycles. The molecule has 0 heterocycles. The Hall–Kier alpha value is -2.74. The van der Waals surface area contributed by atoms with Crippen molar-refractivity contribution in [2.24, 2.45) is 0 Å². The Balaban J connectivity index is 1.87. The fourth-order valence-electron chi connectivity index (χ4n) is 2.76. The molecule has 23 heavy (non-hydrogen) atoms. The molecule has 0 aliphatic heterocycles. The summed E-state index contributed by atoms with van der Waals surface area (Å²) >= 11 is 0. The summed E-state index contributed by atoms with van der Waals surface area (Å²) in [6.07, 6.45) is 2.82. The van der Waals surface area contributed by atoms with Gasteiger partial charge in [0.25, 0.3) is 0 Å². The van der Waals surface area contributed by atoms with Crippen LogP contribution in [0.2, 0.25) is 0 Å². The summed E-state index contributed by atoms with van der Waals surface area (Å²) < 4.78 is 5.21. The van der Waals surface area contributed by atoms with Crippen LogP contribution in [0.3, 0.4) is 0 Å². The number of rotatable bonds is 6. The minimum atomic E-state index is 0.200. The van der Waals surface area contributed by atoms with Crippen molar-refractivity contribution in [3.8, 4) is 5.75 Å². The van der Waals surface area contributed by atoms with E-state index in [1.807, 2.05) is 30.3 Å². The molecule has 0 unspecified atom stereocenters. The topological polar surface area (TPSA) is 21.3 Å². The van der Waals surface area contributed by atoms with E-state index in [1.54, 1.807) is 7.11 Å². The molecular weight excluding hydrogens is 282 g/mol. The van der Waals surface area contributed by atoms with E-state index in [0.717, 1.165) is 17.9 Å². The largest absolute Gasteiger partial charge is 0.497 e. The van der Waals surface area contributed by atoms with Crippen LogP contribution >= 0.6 is 0 Å². The minimum absolute atomic E-state index is 0.200. The first kappa shape index (κ1) is 15.2. The zero-order valence-electron chi connectivity index (χ0n) is 13.3. The van der Waals surface area contributed by atoms with Crippen molar-refractivity contribution < 1.29 is 4.74 Å². The molecule has 1 atom stereocenters. The quantitative estimate of drug-likeness (QED) is 0.600. The second kappa shape index (κ2) is 7.01. The van der Waals surface area contributed by atoms with Crippen molar-refractivity contribution in [1.29, 1.82) is 0 Å². The molecule has 0 spiro atoms. The van der Waals surface area contributed by atoms with Gasteiger partial charge in [-0.3, -0.25) is 0 Å². The monoisotopic (exact) mass is 303 g/mol.